The first kappa shape index (κ1) is 20.0. The number of aromatic nitrogens is 2. The lowest BCUT2D eigenvalue weighted by Gasteiger charge is -2.21. The Morgan fingerprint density at radius 2 is 1.21 bits per heavy atom. The summed E-state index contributed by atoms with van der Waals surface area (Å²) >= 11 is 0. The van der Waals surface area contributed by atoms with Crippen molar-refractivity contribution in [1.82, 2.24) is 19.8 Å². The van der Waals surface area contributed by atoms with Gasteiger partial charge in [-0.05, 0) is 45.3 Å². The first-order chi connectivity index (χ1) is 13.5. The number of aromatic hydroxyl groups is 1. The zero-order valence-electron chi connectivity index (χ0n) is 16.8. The lowest BCUT2D eigenvalue weighted by molar-refractivity contribution is 0.298. The van der Waals surface area contributed by atoms with E-state index >= 15 is 0 Å². The molecule has 1 N–H and O–H groups in total. The van der Waals surface area contributed by atoms with Crippen molar-refractivity contribution >= 4 is 0 Å². The fraction of sp³-hybridized carbons (Fsp3) is 0.304. The van der Waals surface area contributed by atoms with Gasteiger partial charge in [-0.3, -0.25) is 19.8 Å². The minimum Gasteiger partial charge on any atom is -0.507 e. The normalized spacial score (nSPS) is 11.3. The van der Waals surface area contributed by atoms with Crippen LogP contribution in [0.3, 0.4) is 0 Å². The van der Waals surface area contributed by atoms with Crippen LogP contribution in [0.25, 0.3) is 0 Å². The molecule has 2 aromatic heterocycles. The molecule has 0 amide bonds. The number of rotatable bonds is 8. The molecule has 1 aromatic carbocycles. The molecule has 0 atom stereocenters. The molecule has 0 saturated heterocycles. The van der Waals surface area contributed by atoms with E-state index in [4.69, 9.17) is 0 Å². The second-order valence-corrected chi connectivity index (χ2v) is 7.42. The summed E-state index contributed by atoms with van der Waals surface area (Å²) in [5, 5.41) is 10.9. The van der Waals surface area contributed by atoms with Crippen LogP contribution in [0.1, 0.15) is 28.1 Å². The highest BCUT2D eigenvalue weighted by molar-refractivity contribution is 5.43. The van der Waals surface area contributed by atoms with Crippen molar-refractivity contribution in [2.45, 2.75) is 33.1 Å². The maximum Gasteiger partial charge on any atom is 0.124 e. The van der Waals surface area contributed by atoms with E-state index in [0.29, 0.717) is 18.8 Å². The summed E-state index contributed by atoms with van der Waals surface area (Å²) in [4.78, 5) is 13.1. The molecule has 0 unspecified atom stereocenters. The molecular weight excluding hydrogens is 348 g/mol. The number of phenolic OH excluding ortho intramolecular Hbond substituents is 1. The summed E-state index contributed by atoms with van der Waals surface area (Å²) in [7, 11) is 4.09. The lowest BCUT2D eigenvalue weighted by Crippen LogP contribution is -2.20. The molecule has 0 bridgehead atoms. The zero-order valence-corrected chi connectivity index (χ0v) is 16.8. The molecule has 0 aliphatic heterocycles. The average Bonchev–Trinajstić information content (AvgIpc) is 2.67. The summed E-state index contributed by atoms with van der Waals surface area (Å²) in [6.45, 7) is 4.89. The molecule has 5 heteroatoms. The van der Waals surface area contributed by atoms with E-state index in [0.717, 1.165) is 41.2 Å². The van der Waals surface area contributed by atoms with E-state index in [1.165, 1.54) is 0 Å². The van der Waals surface area contributed by atoms with Gasteiger partial charge in [0.05, 0.1) is 11.4 Å². The van der Waals surface area contributed by atoms with E-state index < -0.39 is 0 Å². The summed E-state index contributed by atoms with van der Waals surface area (Å²) in [6, 6.07) is 16.0. The standard InChI is InChI=1S/C23H28N4O/c1-18-12-19(14-26(2)16-21-8-4-6-10-24-21)23(28)20(13-18)15-27(3)17-22-9-5-7-11-25-22/h4-13,28H,14-17H2,1-3H3. The second-order valence-electron chi connectivity index (χ2n) is 7.42. The first-order valence-corrected chi connectivity index (χ1v) is 9.49. The van der Waals surface area contributed by atoms with Gasteiger partial charge in [0.2, 0.25) is 0 Å². The highest BCUT2D eigenvalue weighted by Crippen LogP contribution is 2.27. The number of pyridine rings is 2. The van der Waals surface area contributed by atoms with Crippen LogP contribution in [0, 0.1) is 6.92 Å². The Morgan fingerprint density at radius 1 is 0.750 bits per heavy atom. The highest BCUT2D eigenvalue weighted by atomic mass is 16.3. The van der Waals surface area contributed by atoms with Gasteiger partial charge in [0.1, 0.15) is 5.75 Å². The van der Waals surface area contributed by atoms with Crippen molar-refractivity contribution in [3.8, 4) is 5.75 Å². The Morgan fingerprint density at radius 3 is 1.61 bits per heavy atom. The van der Waals surface area contributed by atoms with E-state index in [1.54, 1.807) is 0 Å². The number of aryl methyl sites for hydroxylation is 1. The smallest absolute Gasteiger partial charge is 0.124 e. The van der Waals surface area contributed by atoms with Crippen LogP contribution in [-0.2, 0) is 26.2 Å². The Kier molecular flexibility index (Phi) is 6.74. The van der Waals surface area contributed by atoms with Crippen molar-refractivity contribution in [2.75, 3.05) is 14.1 Å². The van der Waals surface area contributed by atoms with Crippen molar-refractivity contribution < 1.29 is 5.11 Å². The molecule has 28 heavy (non-hydrogen) atoms. The molecule has 0 fully saturated rings. The number of phenols is 1. The lowest BCUT2D eigenvalue weighted by atomic mass is 10.0. The SMILES string of the molecule is Cc1cc(CN(C)Cc2ccccn2)c(O)c(CN(C)Cc2ccccn2)c1. The van der Waals surface area contributed by atoms with E-state index in [1.807, 2.05) is 62.9 Å². The number of hydrogen-bond acceptors (Lipinski definition) is 5. The predicted octanol–water partition coefficient (Wildman–Crippen LogP) is 3.75. The van der Waals surface area contributed by atoms with Gasteiger partial charge in [-0.15, -0.1) is 0 Å². The van der Waals surface area contributed by atoms with Gasteiger partial charge in [0.25, 0.3) is 0 Å². The molecule has 2 heterocycles. The first-order valence-electron chi connectivity index (χ1n) is 9.49. The number of nitrogens with zero attached hydrogens (tertiary/aromatic N) is 4. The van der Waals surface area contributed by atoms with Gasteiger partial charge in [0.15, 0.2) is 0 Å². The van der Waals surface area contributed by atoms with Crippen LogP contribution in [0.15, 0.2) is 60.9 Å². The quantitative estimate of drug-likeness (QED) is 0.649. The summed E-state index contributed by atoms with van der Waals surface area (Å²) in [6.07, 6.45) is 3.62. The molecule has 3 aromatic rings. The summed E-state index contributed by atoms with van der Waals surface area (Å²) in [5.41, 5.74) is 5.08. The van der Waals surface area contributed by atoms with Gasteiger partial charge in [-0.1, -0.05) is 29.8 Å². The van der Waals surface area contributed by atoms with Crippen molar-refractivity contribution in [1.29, 1.82) is 0 Å². The Hall–Kier alpha value is -2.76. The third-order valence-corrected chi connectivity index (χ3v) is 4.61. The Bertz CT molecular complexity index is 813. The van der Waals surface area contributed by atoms with E-state index in [-0.39, 0.29) is 0 Å². The van der Waals surface area contributed by atoms with Crippen LogP contribution in [0.4, 0.5) is 0 Å². The number of benzene rings is 1. The van der Waals surface area contributed by atoms with Crippen LogP contribution < -0.4 is 0 Å². The topological polar surface area (TPSA) is 52.5 Å². The van der Waals surface area contributed by atoms with Crippen molar-refractivity contribution in [3.63, 3.8) is 0 Å². The molecule has 0 saturated carbocycles. The predicted molar refractivity (Wildman–Crippen MR) is 112 cm³/mol. The molecule has 146 valence electrons. The van der Waals surface area contributed by atoms with Gasteiger partial charge in [-0.2, -0.15) is 0 Å². The largest absolute Gasteiger partial charge is 0.507 e. The monoisotopic (exact) mass is 376 g/mol. The van der Waals surface area contributed by atoms with Crippen LogP contribution in [0.5, 0.6) is 5.75 Å². The van der Waals surface area contributed by atoms with E-state index in [2.05, 4.69) is 38.8 Å². The van der Waals surface area contributed by atoms with Crippen LogP contribution >= 0.6 is 0 Å². The Balaban J connectivity index is 1.68. The van der Waals surface area contributed by atoms with Gasteiger partial charge >= 0.3 is 0 Å². The van der Waals surface area contributed by atoms with E-state index in [9.17, 15) is 5.11 Å². The van der Waals surface area contributed by atoms with Crippen LogP contribution in [0.2, 0.25) is 0 Å². The summed E-state index contributed by atoms with van der Waals surface area (Å²) in [5.74, 6) is 0.381. The maximum absolute atomic E-state index is 10.9. The maximum atomic E-state index is 10.9. The second kappa shape index (κ2) is 9.44. The fourth-order valence-corrected chi connectivity index (χ4v) is 3.41. The fourth-order valence-electron chi connectivity index (χ4n) is 3.41. The average molecular weight is 377 g/mol. The third-order valence-electron chi connectivity index (χ3n) is 4.61. The van der Waals surface area contributed by atoms with Gasteiger partial charge < -0.3 is 5.11 Å². The molecule has 3 rings (SSSR count). The van der Waals surface area contributed by atoms with Gasteiger partial charge in [0, 0.05) is 49.7 Å². The minimum atomic E-state index is 0.381. The summed E-state index contributed by atoms with van der Waals surface area (Å²) < 4.78 is 0. The molecular formula is C23H28N4O. The minimum absolute atomic E-state index is 0.381. The molecule has 0 aliphatic rings. The Labute approximate surface area is 167 Å². The van der Waals surface area contributed by atoms with Crippen LogP contribution in [-0.4, -0.2) is 39.0 Å². The number of hydrogen-bond donors (Lipinski definition) is 1. The molecule has 5 nitrogen and oxygen atoms in total. The van der Waals surface area contributed by atoms with Crippen molar-refractivity contribution in [3.05, 3.63) is 89.0 Å². The van der Waals surface area contributed by atoms with Gasteiger partial charge in [-0.25, -0.2) is 0 Å². The highest BCUT2D eigenvalue weighted by Gasteiger charge is 2.13. The van der Waals surface area contributed by atoms with Crippen molar-refractivity contribution in [2.24, 2.45) is 0 Å². The molecule has 0 radical (unpaired) electrons. The third kappa shape index (κ3) is 5.62. The molecule has 0 spiro atoms. The molecule has 0 aliphatic carbocycles. The zero-order chi connectivity index (χ0) is 19.9.